The van der Waals surface area contributed by atoms with Crippen molar-refractivity contribution >= 4 is 15.8 Å². The minimum Gasteiger partial charge on any atom is -0.384 e. The molecule has 0 radical (unpaired) electrons. The van der Waals surface area contributed by atoms with Gasteiger partial charge in [0.15, 0.2) is 0 Å². The minimum atomic E-state index is -4.57. The monoisotopic (exact) mass is 295 g/mol. The molecule has 1 aromatic heterocycles. The maximum Gasteiger partial charge on any atom is 0.402 e. The summed E-state index contributed by atoms with van der Waals surface area (Å²) in [5.41, 5.74) is 5.32. The lowest BCUT2D eigenvalue weighted by Crippen LogP contribution is -2.40. The summed E-state index contributed by atoms with van der Waals surface area (Å²) in [6, 6.07) is 1.82. The fraction of sp³-hybridized carbons (Fsp3) is 0.500. The highest BCUT2D eigenvalue weighted by Gasteiger charge is 2.44. The van der Waals surface area contributed by atoms with Gasteiger partial charge >= 0.3 is 6.18 Å². The van der Waals surface area contributed by atoms with Crippen LogP contribution < -0.4 is 5.73 Å². The van der Waals surface area contributed by atoms with E-state index in [-0.39, 0.29) is 10.7 Å². The Bertz CT molecular complexity index is 552. The van der Waals surface area contributed by atoms with Crippen molar-refractivity contribution in [2.24, 2.45) is 0 Å². The molecule has 19 heavy (non-hydrogen) atoms. The zero-order chi connectivity index (χ0) is 14.3. The molecule has 0 unspecified atom stereocenters. The standard InChI is InChI=1S/C10H12F3N3O2S/c11-10(12,13)6-16(7-1-2-7)19(17,18)8-3-4-9(14)15-5-8/h3-5,7H,1-2,6H2,(H2,14,15). The van der Waals surface area contributed by atoms with Gasteiger partial charge in [0.05, 0.1) is 0 Å². The molecule has 0 bridgehead atoms. The summed E-state index contributed by atoms with van der Waals surface area (Å²) in [4.78, 5) is 3.31. The average molecular weight is 295 g/mol. The number of hydrogen-bond donors (Lipinski definition) is 1. The van der Waals surface area contributed by atoms with Crippen molar-refractivity contribution in [1.29, 1.82) is 0 Å². The highest BCUT2D eigenvalue weighted by atomic mass is 32.2. The topological polar surface area (TPSA) is 76.3 Å². The molecule has 0 spiro atoms. The first-order valence-electron chi connectivity index (χ1n) is 5.50. The molecule has 1 aliphatic rings. The van der Waals surface area contributed by atoms with Gasteiger partial charge in [-0.25, -0.2) is 13.4 Å². The molecule has 1 heterocycles. The van der Waals surface area contributed by atoms with Crippen molar-refractivity contribution in [1.82, 2.24) is 9.29 Å². The number of nitrogens with zero attached hydrogens (tertiary/aromatic N) is 2. The molecule has 2 rings (SSSR count). The smallest absolute Gasteiger partial charge is 0.384 e. The Kier molecular flexibility index (Phi) is 3.43. The third kappa shape index (κ3) is 3.35. The van der Waals surface area contributed by atoms with E-state index in [0.29, 0.717) is 17.1 Å². The largest absolute Gasteiger partial charge is 0.402 e. The average Bonchev–Trinajstić information content (AvgIpc) is 3.09. The molecule has 0 aliphatic heterocycles. The first-order valence-corrected chi connectivity index (χ1v) is 6.94. The summed E-state index contributed by atoms with van der Waals surface area (Å²) < 4.78 is 62.2. The summed E-state index contributed by atoms with van der Waals surface area (Å²) in [5, 5.41) is 0. The van der Waals surface area contributed by atoms with Crippen molar-refractivity contribution in [3.63, 3.8) is 0 Å². The van der Waals surface area contributed by atoms with E-state index in [1.165, 1.54) is 6.07 Å². The summed E-state index contributed by atoms with van der Waals surface area (Å²) in [6.07, 6.45) is -2.72. The van der Waals surface area contributed by atoms with Crippen LogP contribution in [0.15, 0.2) is 23.2 Å². The molecule has 106 valence electrons. The molecule has 1 aromatic rings. The van der Waals surface area contributed by atoms with E-state index in [1.54, 1.807) is 0 Å². The van der Waals surface area contributed by atoms with Crippen LogP contribution in [0.25, 0.3) is 0 Å². The molecular weight excluding hydrogens is 283 g/mol. The Labute approximate surface area is 108 Å². The van der Waals surface area contributed by atoms with E-state index in [1.807, 2.05) is 0 Å². The summed E-state index contributed by atoms with van der Waals surface area (Å²) in [7, 11) is -4.19. The Morgan fingerprint density at radius 2 is 2.00 bits per heavy atom. The van der Waals surface area contributed by atoms with Gasteiger partial charge in [-0.3, -0.25) is 0 Å². The quantitative estimate of drug-likeness (QED) is 0.910. The SMILES string of the molecule is Nc1ccc(S(=O)(=O)N(CC(F)(F)F)C2CC2)cn1. The first-order chi connectivity index (χ1) is 8.70. The minimum absolute atomic E-state index is 0.104. The van der Waals surface area contributed by atoms with Gasteiger partial charge in [0.25, 0.3) is 0 Å². The van der Waals surface area contributed by atoms with Crippen LogP contribution in [0, 0.1) is 0 Å². The maximum absolute atomic E-state index is 12.5. The van der Waals surface area contributed by atoms with Crippen molar-refractivity contribution in [2.45, 2.75) is 30.0 Å². The number of hydrogen-bond acceptors (Lipinski definition) is 4. The predicted octanol–water partition coefficient (Wildman–Crippen LogP) is 1.38. The van der Waals surface area contributed by atoms with E-state index in [4.69, 9.17) is 5.73 Å². The Morgan fingerprint density at radius 1 is 1.37 bits per heavy atom. The number of anilines is 1. The zero-order valence-corrected chi connectivity index (χ0v) is 10.6. The molecule has 1 aliphatic carbocycles. The van der Waals surface area contributed by atoms with Gasteiger partial charge in [0, 0.05) is 12.2 Å². The Morgan fingerprint density at radius 3 is 2.42 bits per heavy atom. The van der Waals surface area contributed by atoms with Crippen molar-refractivity contribution in [3.8, 4) is 0 Å². The number of nitrogens with two attached hydrogens (primary N) is 1. The molecule has 5 nitrogen and oxygen atoms in total. The lowest BCUT2D eigenvalue weighted by molar-refractivity contribution is -0.137. The van der Waals surface area contributed by atoms with Crippen LogP contribution in [0.4, 0.5) is 19.0 Å². The van der Waals surface area contributed by atoms with Gasteiger partial charge in [-0.2, -0.15) is 17.5 Å². The van der Waals surface area contributed by atoms with Crippen molar-refractivity contribution in [3.05, 3.63) is 18.3 Å². The number of halogens is 3. The molecule has 2 N–H and O–H groups in total. The second-order valence-electron chi connectivity index (χ2n) is 4.32. The number of sulfonamides is 1. The molecular formula is C10H12F3N3O2S. The molecule has 0 aromatic carbocycles. The van der Waals surface area contributed by atoms with Gasteiger partial charge in [0.2, 0.25) is 10.0 Å². The first kappa shape index (κ1) is 14.1. The van der Waals surface area contributed by atoms with E-state index >= 15 is 0 Å². The van der Waals surface area contributed by atoms with Gasteiger partial charge in [-0.05, 0) is 25.0 Å². The van der Waals surface area contributed by atoms with Crippen LogP contribution in [0.2, 0.25) is 0 Å². The predicted molar refractivity (Wildman–Crippen MR) is 61.6 cm³/mol. The summed E-state index contributed by atoms with van der Waals surface area (Å²) >= 11 is 0. The normalized spacial score (nSPS) is 16.8. The van der Waals surface area contributed by atoms with Gasteiger partial charge in [-0.15, -0.1) is 0 Å². The fourth-order valence-electron chi connectivity index (χ4n) is 1.63. The van der Waals surface area contributed by atoms with E-state index in [2.05, 4.69) is 4.98 Å². The third-order valence-corrected chi connectivity index (χ3v) is 4.54. The van der Waals surface area contributed by atoms with Gasteiger partial charge in [0.1, 0.15) is 17.3 Å². The second-order valence-corrected chi connectivity index (χ2v) is 6.21. The fourth-order valence-corrected chi connectivity index (χ4v) is 3.25. The number of aromatic nitrogens is 1. The molecule has 0 saturated heterocycles. The number of nitrogen functional groups attached to an aromatic ring is 1. The summed E-state index contributed by atoms with van der Waals surface area (Å²) in [6.45, 7) is -1.48. The van der Waals surface area contributed by atoms with Crippen molar-refractivity contribution < 1.29 is 21.6 Å². The Hall–Kier alpha value is -1.35. The Balaban J connectivity index is 2.32. The van der Waals surface area contributed by atoms with E-state index < -0.39 is 28.8 Å². The number of pyridine rings is 1. The molecule has 1 saturated carbocycles. The van der Waals surface area contributed by atoms with Crippen LogP contribution in [0.3, 0.4) is 0 Å². The van der Waals surface area contributed by atoms with E-state index in [9.17, 15) is 21.6 Å². The van der Waals surface area contributed by atoms with Crippen LogP contribution in [-0.2, 0) is 10.0 Å². The molecule has 0 amide bonds. The van der Waals surface area contributed by atoms with E-state index in [0.717, 1.165) is 12.3 Å². The molecule has 0 atom stereocenters. The van der Waals surface area contributed by atoms with Crippen molar-refractivity contribution in [2.75, 3.05) is 12.3 Å². The third-order valence-electron chi connectivity index (χ3n) is 2.66. The number of alkyl halides is 3. The molecule has 1 fully saturated rings. The lowest BCUT2D eigenvalue weighted by Gasteiger charge is -2.22. The van der Waals surface area contributed by atoms with Crippen LogP contribution >= 0.6 is 0 Å². The summed E-state index contributed by atoms with van der Waals surface area (Å²) in [5.74, 6) is 0.104. The second kappa shape index (κ2) is 4.64. The molecule has 9 heteroatoms. The lowest BCUT2D eigenvalue weighted by atomic mass is 10.5. The number of rotatable bonds is 4. The van der Waals surface area contributed by atoms with Gasteiger partial charge in [-0.1, -0.05) is 0 Å². The zero-order valence-electron chi connectivity index (χ0n) is 9.76. The van der Waals surface area contributed by atoms with Gasteiger partial charge < -0.3 is 5.73 Å². The maximum atomic E-state index is 12.5. The highest BCUT2D eigenvalue weighted by Crippen LogP contribution is 2.34. The van der Waals surface area contributed by atoms with Crippen LogP contribution in [0.1, 0.15) is 12.8 Å². The highest BCUT2D eigenvalue weighted by molar-refractivity contribution is 7.89. The van der Waals surface area contributed by atoms with Crippen LogP contribution in [0.5, 0.6) is 0 Å². The van der Waals surface area contributed by atoms with Crippen LogP contribution in [-0.4, -0.2) is 36.5 Å².